The Hall–Kier alpha value is -1.62. The third-order valence-corrected chi connectivity index (χ3v) is 3.48. The molecule has 0 saturated heterocycles. The van der Waals surface area contributed by atoms with Crippen LogP contribution in [0.25, 0.3) is 11.0 Å². The van der Waals surface area contributed by atoms with Crippen molar-refractivity contribution in [2.75, 3.05) is 18.9 Å². The van der Waals surface area contributed by atoms with Gasteiger partial charge < -0.3 is 15.0 Å². The maximum absolute atomic E-state index is 6.03. The number of rotatable bonds is 5. The summed E-state index contributed by atoms with van der Waals surface area (Å²) in [4.78, 5) is 8.80. The highest BCUT2D eigenvalue weighted by Gasteiger charge is 2.15. The lowest BCUT2D eigenvalue weighted by Crippen LogP contribution is -2.06. The van der Waals surface area contributed by atoms with E-state index < -0.39 is 0 Å². The van der Waals surface area contributed by atoms with E-state index in [0.29, 0.717) is 11.6 Å². The van der Waals surface area contributed by atoms with Gasteiger partial charge in [0.15, 0.2) is 0 Å². The molecule has 0 bridgehead atoms. The molecule has 0 aliphatic carbocycles. The summed E-state index contributed by atoms with van der Waals surface area (Å²) in [6.45, 7) is 10.5. The highest BCUT2D eigenvalue weighted by Crippen LogP contribution is 2.27. The number of anilines is 1. The Morgan fingerprint density at radius 3 is 2.63 bits per heavy atom. The van der Waals surface area contributed by atoms with Gasteiger partial charge in [0.05, 0.1) is 5.39 Å². The van der Waals surface area contributed by atoms with Crippen LogP contribution in [0.2, 0.25) is 0 Å². The number of hydrogen-bond donors (Lipinski definition) is 1. The fraction of sp³-hybridized carbons (Fsp3) is 0.571. The molecule has 19 heavy (non-hydrogen) atoms. The van der Waals surface area contributed by atoms with E-state index >= 15 is 0 Å². The van der Waals surface area contributed by atoms with E-state index in [-0.39, 0.29) is 0 Å². The summed E-state index contributed by atoms with van der Waals surface area (Å²) < 4.78 is 7.61. The van der Waals surface area contributed by atoms with Gasteiger partial charge in [-0.2, -0.15) is 0 Å². The van der Waals surface area contributed by atoms with Gasteiger partial charge in [-0.05, 0) is 39.7 Å². The Balaban J connectivity index is 2.40. The number of fused-ring (bicyclic) bond motifs is 1. The zero-order valence-corrected chi connectivity index (χ0v) is 12.2. The Kier molecular flexibility index (Phi) is 4.04. The van der Waals surface area contributed by atoms with Gasteiger partial charge in [-0.3, -0.25) is 0 Å². The summed E-state index contributed by atoms with van der Waals surface area (Å²) in [5.74, 6) is 1.29. The predicted molar refractivity (Wildman–Crippen MR) is 77.3 cm³/mol. The largest absolute Gasteiger partial charge is 0.383 e. The van der Waals surface area contributed by atoms with Gasteiger partial charge in [-0.15, -0.1) is 0 Å². The number of hydrogen-bond acceptors (Lipinski definition) is 4. The van der Waals surface area contributed by atoms with Crippen molar-refractivity contribution in [1.29, 1.82) is 0 Å². The first-order chi connectivity index (χ1) is 9.06. The van der Waals surface area contributed by atoms with Gasteiger partial charge >= 0.3 is 0 Å². The normalized spacial score (nSPS) is 11.4. The third-order valence-electron chi connectivity index (χ3n) is 3.48. The lowest BCUT2D eigenvalue weighted by atomic mass is 10.2. The first-order valence-corrected chi connectivity index (χ1v) is 6.73. The average Bonchev–Trinajstić information content (AvgIpc) is 2.59. The van der Waals surface area contributed by atoms with E-state index in [1.165, 1.54) is 11.3 Å². The van der Waals surface area contributed by atoms with Crippen molar-refractivity contribution in [1.82, 2.24) is 14.5 Å². The number of nitrogens with zero attached hydrogens (tertiary/aromatic N) is 3. The summed E-state index contributed by atoms with van der Waals surface area (Å²) >= 11 is 0. The molecule has 0 aromatic carbocycles. The molecule has 0 spiro atoms. The van der Waals surface area contributed by atoms with Crippen LogP contribution in [0.4, 0.5) is 5.82 Å². The van der Waals surface area contributed by atoms with Crippen molar-refractivity contribution in [2.45, 2.75) is 40.7 Å². The van der Waals surface area contributed by atoms with Crippen LogP contribution in [0.1, 0.15) is 30.4 Å². The van der Waals surface area contributed by atoms with Crippen molar-refractivity contribution < 1.29 is 4.74 Å². The second-order valence-electron chi connectivity index (χ2n) is 4.77. The van der Waals surface area contributed by atoms with Crippen molar-refractivity contribution in [3.8, 4) is 0 Å². The van der Waals surface area contributed by atoms with E-state index in [2.05, 4.69) is 28.4 Å². The van der Waals surface area contributed by atoms with Gasteiger partial charge in [0.25, 0.3) is 0 Å². The highest BCUT2D eigenvalue weighted by atomic mass is 16.5. The number of nitrogen functional groups attached to an aromatic ring is 1. The standard InChI is InChI=1S/C14H22N4O/c1-5-19-8-6-7-18-10(3)9(2)12-13(15)16-11(4)17-14(12)18/h5-8H2,1-4H3,(H2,15,16,17). The minimum absolute atomic E-state index is 0.576. The van der Waals surface area contributed by atoms with Gasteiger partial charge in [-0.25, -0.2) is 9.97 Å². The molecule has 2 aromatic rings. The van der Waals surface area contributed by atoms with Crippen LogP contribution in [0.3, 0.4) is 0 Å². The molecule has 0 saturated carbocycles. The average molecular weight is 262 g/mol. The van der Waals surface area contributed by atoms with Crippen LogP contribution < -0.4 is 5.73 Å². The monoisotopic (exact) mass is 262 g/mol. The highest BCUT2D eigenvalue weighted by molar-refractivity contribution is 5.91. The summed E-state index contributed by atoms with van der Waals surface area (Å²) in [7, 11) is 0. The first-order valence-electron chi connectivity index (χ1n) is 6.73. The van der Waals surface area contributed by atoms with Gasteiger partial charge in [0.1, 0.15) is 17.3 Å². The maximum Gasteiger partial charge on any atom is 0.146 e. The molecule has 0 aliphatic heterocycles. The summed E-state index contributed by atoms with van der Waals surface area (Å²) in [6, 6.07) is 0. The molecular formula is C14H22N4O. The predicted octanol–water partition coefficient (Wildman–Crippen LogP) is 2.37. The Bertz CT molecular complexity index is 589. The minimum atomic E-state index is 0.576. The Morgan fingerprint density at radius 1 is 1.21 bits per heavy atom. The number of ether oxygens (including phenoxy) is 1. The van der Waals surface area contributed by atoms with Crippen LogP contribution in [0.15, 0.2) is 0 Å². The molecule has 0 unspecified atom stereocenters. The van der Waals surface area contributed by atoms with Crippen LogP contribution in [0.5, 0.6) is 0 Å². The van der Waals surface area contributed by atoms with E-state index in [0.717, 1.165) is 37.2 Å². The number of nitrogens with two attached hydrogens (primary N) is 1. The van der Waals surface area contributed by atoms with Gasteiger partial charge in [-0.1, -0.05) is 0 Å². The molecule has 104 valence electrons. The molecule has 2 heterocycles. The first kappa shape index (κ1) is 13.8. The molecule has 0 atom stereocenters. The van der Waals surface area contributed by atoms with Crippen molar-refractivity contribution >= 4 is 16.9 Å². The van der Waals surface area contributed by atoms with E-state index in [4.69, 9.17) is 10.5 Å². The molecule has 0 radical (unpaired) electrons. The zero-order valence-electron chi connectivity index (χ0n) is 12.2. The molecule has 5 nitrogen and oxygen atoms in total. The fourth-order valence-electron chi connectivity index (χ4n) is 2.42. The van der Waals surface area contributed by atoms with Crippen molar-refractivity contribution in [2.24, 2.45) is 0 Å². The second kappa shape index (κ2) is 5.57. The SMILES string of the molecule is CCOCCCn1c(C)c(C)c2c(N)nc(C)nc21. The quantitative estimate of drug-likeness (QED) is 0.840. The molecule has 2 rings (SSSR count). The summed E-state index contributed by atoms with van der Waals surface area (Å²) in [5.41, 5.74) is 9.35. The van der Waals surface area contributed by atoms with Crippen LogP contribution in [-0.4, -0.2) is 27.7 Å². The van der Waals surface area contributed by atoms with Crippen molar-refractivity contribution in [3.63, 3.8) is 0 Å². The second-order valence-corrected chi connectivity index (χ2v) is 4.77. The number of aryl methyl sites for hydroxylation is 3. The summed E-state index contributed by atoms with van der Waals surface area (Å²) in [5, 5.41) is 0.986. The molecule has 0 fully saturated rings. The minimum Gasteiger partial charge on any atom is -0.383 e. The Morgan fingerprint density at radius 2 is 1.95 bits per heavy atom. The molecule has 0 aliphatic rings. The fourth-order valence-corrected chi connectivity index (χ4v) is 2.42. The van der Waals surface area contributed by atoms with E-state index in [9.17, 15) is 0 Å². The molecule has 2 aromatic heterocycles. The van der Waals surface area contributed by atoms with Gasteiger partial charge in [0.2, 0.25) is 0 Å². The van der Waals surface area contributed by atoms with E-state index in [1.807, 2.05) is 13.8 Å². The topological polar surface area (TPSA) is 66.0 Å². The maximum atomic E-state index is 6.03. The Labute approximate surface area is 113 Å². The molecule has 0 amide bonds. The number of aromatic nitrogens is 3. The van der Waals surface area contributed by atoms with Crippen LogP contribution in [-0.2, 0) is 11.3 Å². The van der Waals surface area contributed by atoms with Crippen LogP contribution in [0, 0.1) is 20.8 Å². The van der Waals surface area contributed by atoms with Gasteiger partial charge in [0, 0.05) is 25.5 Å². The third kappa shape index (κ3) is 2.56. The van der Waals surface area contributed by atoms with E-state index in [1.54, 1.807) is 0 Å². The zero-order chi connectivity index (χ0) is 14.0. The van der Waals surface area contributed by atoms with Crippen LogP contribution >= 0.6 is 0 Å². The smallest absolute Gasteiger partial charge is 0.146 e. The molecule has 5 heteroatoms. The lowest BCUT2D eigenvalue weighted by Gasteiger charge is -2.08. The molecule has 2 N–H and O–H groups in total. The van der Waals surface area contributed by atoms with Crippen molar-refractivity contribution in [3.05, 3.63) is 17.1 Å². The lowest BCUT2D eigenvalue weighted by molar-refractivity contribution is 0.142. The molecular weight excluding hydrogens is 240 g/mol. The summed E-state index contributed by atoms with van der Waals surface area (Å²) in [6.07, 6.45) is 0.973.